The molecule has 10 nitrogen and oxygen atoms in total. The molecular weight excluding hydrogens is 486 g/mol. The average Bonchev–Trinajstić information content (AvgIpc) is 3.46. The molecule has 38 heavy (non-hydrogen) atoms. The lowest BCUT2D eigenvalue weighted by Gasteiger charge is -2.18. The number of rotatable bonds is 10. The molecule has 0 saturated heterocycles. The molecule has 2 aromatic heterocycles. The van der Waals surface area contributed by atoms with Crippen molar-refractivity contribution in [2.24, 2.45) is 0 Å². The molecule has 0 atom stereocenters. The topological polar surface area (TPSA) is 129 Å². The monoisotopic (exact) mass is 515 g/mol. The second-order valence-electron chi connectivity index (χ2n) is 8.49. The molecule has 0 bridgehead atoms. The van der Waals surface area contributed by atoms with Gasteiger partial charge in [-0.05, 0) is 53.5 Å². The number of carbonyl (C=O) groups excluding carboxylic acids is 2. The first-order chi connectivity index (χ1) is 18.5. The van der Waals surface area contributed by atoms with Gasteiger partial charge < -0.3 is 14.0 Å². The highest BCUT2D eigenvalue weighted by molar-refractivity contribution is 5.95. The summed E-state index contributed by atoms with van der Waals surface area (Å²) in [6, 6.07) is 16.8. The van der Waals surface area contributed by atoms with Gasteiger partial charge in [0.15, 0.2) is 5.82 Å². The third-order valence-electron chi connectivity index (χ3n) is 6.01. The number of aromatic nitrogens is 5. The van der Waals surface area contributed by atoms with Gasteiger partial charge in [-0.2, -0.15) is 0 Å². The van der Waals surface area contributed by atoms with E-state index in [9.17, 15) is 14.4 Å². The summed E-state index contributed by atoms with van der Waals surface area (Å²) in [4.78, 5) is 38.9. The molecule has 0 spiro atoms. The van der Waals surface area contributed by atoms with Crippen LogP contribution in [0, 0.1) is 0 Å². The number of carbonyl (C=O) groups is 2. The molecule has 0 radical (unpaired) electrons. The van der Waals surface area contributed by atoms with E-state index >= 15 is 0 Å². The molecule has 0 aliphatic rings. The first kappa shape index (κ1) is 26.5. The zero-order valence-corrected chi connectivity index (χ0v) is 21.6. The van der Waals surface area contributed by atoms with Crippen molar-refractivity contribution in [2.75, 3.05) is 13.2 Å². The second-order valence-corrected chi connectivity index (χ2v) is 8.49. The van der Waals surface area contributed by atoms with E-state index in [0.717, 1.165) is 22.3 Å². The number of benzene rings is 2. The maximum Gasteiger partial charge on any atom is 0.343 e. The number of hydrogen-bond acceptors (Lipinski definition) is 8. The molecule has 0 amide bonds. The molecule has 1 N–H and O–H groups in total. The summed E-state index contributed by atoms with van der Waals surface area (Å²) < 4.78 is 11.8. The Balaban J connectivity index is 1.76. The van der Waals surface area contributed by atoms with E-state index in [2.05, 4.69) is 20.6 Å². The Morgan fingerprint density at radius 1 is 0.895 bits per heavy atom. The van der Waals surface area contributed by atoms with Crippen molar-refractivity contribution in [1.29, 1.82) is 0 Å². The molecule has 0 saturated carbocycles. The Morgan fingerprint density at radius 2 is 1.55 bits per heavy atom. The van der Waals surface area contributed by atoms with Crippen molar-refractivity contribution in [3.8, 4) is 22.5 Å². The SMILES string of the molecule is CCCc1c(C(=O)OCC)cc(C(=O)OCC)c(=O)n1Cc1ccc(-c2ccccc2-c2nnn[nH]2)cc1. The molecule has 0 unspecified atom stereocenters. The predicted molar refractivity (Wildman–Crippen MR) is 141 cm³/mol. The van der Waals surface area contributed by atoms with Crippen LogP contribution in [0.15, 0.2) is 59.4 Å². The van der Waals surface area contributed by atoms with Crippen LogP contribution in [0.1, 0.15) is 59.2 Å². The summed E-state index contributed by atoms with van der Waals surface area (Å²) in [7, 11) is 0. The average molecular weight is 516 g/mol. The zero-order chi connectivity index (χ0) is 27.1. The van der Waals surface area contributed by atoms with Crippen LogP contribution in [0.4, 0.5) is 0 Å². The van der Waals surface area contributed by atoms with Crippen LogP contribution in [-0.4, -0.2) is 50.3 Å². The molecule has 2 heterocycles. The lowest BCUT2D eigenvalue weighted by Crippen LogP contribution is -2.32. The van der Waals surface area contributed by atoms with Gasteiger partial charge in [-0.25, -0.2) is 14.7 Å². The van der Waals surface area contributed by atoms with Crippen LogP contribution in [0.3, 0.4) is 0 Å². The van der Waals surface area contributed by atoms with Crippen LogP contribution in [0.25, 0.3) is 22.5 Å². The number of pyridine rings is 1. The van der Waals surface area contributed by atoms with Gasteiger partial charge in [-0.1, -0.05) is 61.9 Å². The first-order valence-electron chi connectivity index (χ1n) is 12.5. The Hall–Kier alpha value is -4.60. The van der Waals surface area contributed by atoms with Crippen molar-refractivity contribution in [2.45, 2.75) is 40.2 Å². The standard InChI is InChI=1S/C28H29N5O5/c1-4-9-24-22(27(35)37-5-2)16-23(28(36)38-6-3)26(34)33(24)17-18-12-14-19(15-13-18)20-10-7-8-11-21(20)25-29-31-32-30-25/h7-8,10-16H,4-6,9,17H2,1-3H3,(H,29,30,31,32). The Morgan fingerprint density at radius 3 is 2.16 bits per heavy atom. The highest BCUT2D eigenvalue weighted by atomic mass is 16.5. The molecule has 0 aliphatic carbocycles. The molecule has 0 aliphatic heterocycles. The maximum atomic E-state index is 13.5. The van der Waals surface area contributed by atoms with Gasteiger partial charge in [0, 0.05) is 11.3 Å². The Labute approximate surface area is 219 Å². The van der Waals surface area contributed by atoms with Gasteiger partial charge in [0.1, 0.15) is 5.56 Å². The molecule has 196 valence electrons. The number of ether oxygens (including phenoxy) is 2. The minimum atomic E-state index is -0.770. The fourth-order valence-corrected chi connectivity index (χ4v) is 4.30. The Bertz CT molecular complexity index is 1480. The van der Waals surface area contributed by atoms with Gasteiger partial charge in [-0.3, -0.25) is 4.79 Å². The number of tetrazole rings is 1. The van der Waals surface area contributed by atoms with Crippen molar-refractivity contribution in [3.63, 3.8) is 0 Å². The van der Waals surface area contributed by atoms with Gasteiger partial charge in [0.05, 0.1) is 25.3 Å². The predicted octanol–water partition coefficient (Wildman–Crippen LogP) is 4.05. The van der Waals surface area contributed by atoms with Crippen molar-refractivity contribution in [3.05, 3.63) is 87.3 Å². The number of nitrogens with one attached hydrogen (secondary N) is 1. The summed E-state index contributed by atoms with van der Waals surface area (Å²) in [6.07, 6.45) is 1.15. The number of H-pyrrole nitrogens is 1. The summed E-state index contributed by atoms with van der Waals surface area (Å²) in [5, 5.41) is 14.2. The van der Waals surface area contributed by atoms with Crippen molar-refractivity contribution >= 4 is 11.9 Å². The second kappa shape index (κ2) is 12.1. The normalized spacial score (nSPS) is 10.8. The van der Waals surface area contributed by atoms with E-state index in [-0.39, 0.29) is 30.9 Å². The third-order valence-corrected chi connectivity index (χ3v) is 6.01. The van der Waals surface area contributed by atoms with Crippen LogP contribution >= 0.6 is 0 Å². The smallest absolute Gasteiger partial charge is 0.343 e. The zero-order valence-electron chi connectivity index (χ0n) is 21.6. The quantitative estimate of drug-likeness (QED) is 0.313. The van der Waals surface area contributed by atoms with Crippen LogP contribution in [0.5, 0.6) is 0 Å². The Kier molecular flexibility index (Phi) is 8.42. The van der Waals surface area contributed by atoms with Gasteiger partial charge in [0.25, 0.3) is 5.56 Å². The van der Waals surface area contributed by atoms with Crippen LogP contribution < -0.4 is 5.56 Å². The van der Waals surface area contributed by atoms with E-state index in [1.807, 2.05) is 55.5 Å². The molecular formula is C28H29N5O5. The van der Waals surface area contributed by atoms with E-state index < -0.39 is 17.5 Å². The molecule has 10 heteroatoms. The minimum Gasteiger partial charge on any atom is -0.462 e. The third kappa shape index (κ3) is 5.54. The molecule has 4 rings (SSSR count). The number of hydrogen-bond donors (Lipinski definition) is 1. The maximum absolute atomic E-state index is 13.5. The van der Waals surface area contributed by atoms with Crippen molar-refractivity contribution in [1.82, 2.24) is 25.2 Å². The largest absolute Gasteiger partial charge is 0.462 e. The fourth-order valence-electron chi connectivity index (χ4n) is 4.30. The van der Waals surface area contributed by atoms with Crippen LogP contribution in [0.2, 0.25) is 0 Å². The number of esters is 2. The lowest BCUT2D eigenvalue weighted by atomic mass is 9.98. The summed E-state index contributed by atoms with van der Waals surface area (Å²) in [6.45, 7) is 5.77. The van der Waals surface area contributed by atoms with E-state index in [1.54, 1.807) is 13.8 Å². The number of aromatic amines is 1. The van der Waals surface area contributed by atoms with Crippen LogP contribution in [-0.2, 0) is 22.4 Å². The van der Waals surface area contributed by atoms with Crippen molar-refractivity contribution < 1.29 is 19.1 Å². The first-order valence-corrected chi connectivity index (χ1v) is 12.5. The molecule has 0 fully saturated rings. The van der Waals surface area contributed by atoms with Gasteiger partial charge in [0.2, 0.25) is 0 Å². The molecule has 2 aromatic carbocycles. The summed E-state index contributed by atoms with van der Waals surface area (Å²) >= 11 is 0. The highest BCUT2D eigenvalue weighted by Crippen LogP contribution is 2.30. The van der Waals surface area contributed by atoms with E-state index in [0.29, 0.717) is 24.4 Å². The minimum absolute atomic E-state index is 0.108. The lowest BCUT2D eigenvalue weighted by molar-refractivity contribution is 0.0520. The summed E-state index contributed by atoms with van der Waals surface area (Å²) in [5.41, 5.74) is 3.58. The van der Waals surface area contributed by atoms with E-state index in [1.165, 1.54) is 10.6 Å². The fraction of sp³-hybridized carbons (Fsp3) is 0.286. The molecule has 4 aromatic rings. The van der Waals surface area contributed by atoms with E-state index in [4.69, 9.17) is 9.47 Å². The highest BCUT2D eigenvalue weighted by Gasteiger charge is 2.24. The number of nitrogens with zero attached hydrogens (tertiary/aromatic N) is 4. The van der Waals surface area contributed by atoms with Gasteiger partial charge in [-0.15, -0.1) is 5.10 Å². The summed E-state index contributed by atoms with van der Waals surface area (Å²) in [5.74, 6) is -0.791. The van der Waals surface area contributed by atoms with Gasteiger partial charge >= 0.3 is 11.9 Å².